The van der Waals surface area contributed by atoms with Crippen molar-refractivity contribution in [2.24, 2.45) is 23.2 Å². The maximum absolute atomic E-state index is 13.3. The molecular formula is C22H42N4O4. The van der Waals surface area contributed by atoms with Crippen molar-refractivity contribution in [1.82, 2.24) is 21.4 Å². The van der Waals surface area contributed by atoms with Crippen molar-refractivity contribution in [2.45, 2.75) is 85.2 Å². The van der Waals surface area contributed by atoms with Crippen LogP contribution in [0.2, 0.25) is 0 Å². The van der Waals surface area contributed by atoms with Crippen molar-refractivity contribution in [2.75, 3.05) is 13.6 Å². The fourth-order valence-electron chi connectivity index (χ4n) is 4.14. The number of likely N-dealkylation sites (N-methyl/N-ethyl adjacent to an activating group) is 1. The maximum atomic E-state index is 13.3. The van der Waals surface area contributed by atoms with Gasteiger partial charge in [-0.1, -0.05) is 53.9 Å². The van der Waals surface area contributed by atoms with E-state index in [0.29, 0.717) is 18.9 Å². The molecule has 0 aromatic carbocycles. The average Bonchev–Trinajstić information content (AvgIpc) is 2.69. The molecule has 0 spiro atoms. The Morgan fingerprint density at radius 3 is 2.07 bits per heavy atom. The lowest BCUT2D eigenvalue weighted by molar-refractivity contribution is -0.140. The summed E-state index contributed by atoms with van der Waals surface area (Å²) in [6.45, 7) is 10.2. The second-order valence-corrected chi connectivity index (χ2v) is 10.0. The maximum Gasteiger partial charge on any atom is 0.261 e. The number of nitrogens with one attached hydrogen (secondary N) is 4. The summed E-state index contributed by atoms with van der Waals surface area (Å²) >= 11 is 0. The third-order valence-electron chi connectivity index (χ3n) is 5.87. The molecule has 0 saturated heterocycles. The Morgan fingerprint density at radius 2 is 1.60 bits per heavy atom. The van der Waals surface area contributed by atoms with Crippen LogP contribution in [0, 0.1) is 23.2 Å². The van der Waals surface area contributed by atoms with Crippen LogP contribution in [0.15, 0.2) is 0 Å². The van der Waals surface area contributed by atoms with E-state index in [1.807, 2.05) is 34.6 Å². The van der Waals surface area contributed by atoms with Gasteiger partial charge >= 0.3 is 0 Å². The number of rotatable bonds is 10. The Bertz CT molecular complexity index is 568. The van der Waals surface area contributed by atoms with Crippen molar-refractivity contribution < 1.29 is 19.6 Å². The molecule has 1 aliphatic carbocycles. The van der Waals surface area contributed by atoms with Crippen molar-refractivity contribution in [3.05, 3.63) is 0 Å². The molecule has 0 heterocycles. The molecule has 0 unspecified atom stereocenters. The fraction of sp³-hybridized carbons (Fsp3) is 0.864. The molecule has 1 saturated carbocycles. The van der Waals surface area contributed by atoms with Gasteiger partial charge in [0.1, 0.15) is 12.1 Å². The largest absolute Gasteiger partial charge is 0.357 e. The van der Waals surface area contributed by atoms with E-state index in [1.54, 1.807) is 5.48 Å². The number of hydroxylamine groups is 1. The molecule has 0 aliphatic heterocycles. The summed E-state index contributed by atoms with van der Waals surface area (Å²) < 4.78 is 0. The monoisotopic (exact) mass is 426 g/mol. The van der Waals surface area contributed by atoms with Gasteiger partial charge in [0.2, 0.25) is 11.8 Å². The van der Waals surface area contributed by atoms with Crippen LogP contribution in [0.5, 0.6) is 0 Å². The Hall–Kier alpha value is -1.67. The molecule has 1 aliphatic rings. The molecule has 0 bridgehead atoms. The highest BCUT2D eigenvalue weighted by Crippen LogP contribution is 2.25. The third kappa shape index (κ3) is 8.22. The first-order valence-electron chi connectivity index (χ1n) is 11.2. The van der Waals surface area contributed by atoms with Gasteiger partial charge in [0.25, 0.3) is 5.91 Å². The Kier molecular flexibility index (Phi) is 10.8. The quantitative estimate of drug-likeness (QED) is 0.270. The lowest BCUT2D eigenvalue weighted by Gasteiger charge is -2.34. The van der Waals surface area contributed by atoms with Crippen molar-refractivity contribution in [3.8, 4) is 0 Å². The van der Waals surface area contributed by atoms with E-state index < -0.39 is 29.3 Å². The second-order valence-electron chi connectivity index (χ2n) is 10.0. The SMILES string of the molecule is CNC(=O)[C@@H](NC(=O)[C@H](CC(C)C)[C@H](NCC1CCCCC1)C(=O)NO)C(C)(C)C. The summed E-state index contributed by atoms with van der Waals surface area (Å²) in [6, 6.07) is -1.61. The number of amides is 3. The molecule has 8 nitrogen and oxygen atoms in total. The Morgan fingerprint density at radius 1 is 1.00 bits per heavy atom. The molecule has 1 fully saturated rings. The molecular weight excluding hydrogens is 384 g/mol. The average molecular weight is 427 g/mol. The minimum atomic E-state index is -0.871. The summed E-state index contributed by atoms with van der Waals surface area (Å²) in [5.41, 5.74) is 1.22. The van der Waals surface area contributed by atoms with Crippen LogP contribution in [0.4, 0.5) is 0 Å². The molecule has 8 heteroatoms. The van der Waals surface area contributed by atoms with Gasteiger partial charge in [0.15, 0.2) is 0 Å². The van der Waals surface area contributed by atoms with Crippen LogP contribution in [-0.4, -0.2) is 48.6 Å². The van der Waals surface area contributed by atoms with Gasteiger partial charge in [-0.25, -0.2) is 5.48 Å². The van der Waals surface area contributed by atoms with Crippen LogP contribution in [-0.2, 0) is 14.4 Å². The summed E-state index contributed by atoms with van der Waals surface area (Å²) in [4.78, 5) is 38.1. The number of carbonyl (C=O) groups excluding carboxylic acids is 3. The summed E-state index contributed by atoms with van der Waals surface area (Å²) in [7, 11) is 1.53. The molecule has 5 N–H and O–H groups in total. The van der Waals surface area contributed by atoms with Gasteiger partial charge in [-0.2, -0.15) is 0 Å². The zero-order chi connectivity index (χ0) is 22.9. The van der Waals surface area contributed by atoms with Crippen LogP contribution >= 0.6 is 0 Å². The second kappa shape index (κ2) is 12.2. The lowest BCUT2D eigenvalue weighted by atomic mass is 9.83. The minimum Gasteiger partial charge on any atom is -0.357 e. The zero-order valence-electron chi connectivity index (χ0n) is 19.5. The van der Waals surface area contributed by atoms with Gasteiger partial charge in [-0.05, 0) is 43.1 Å². The summed E-state index contributed by atoms with van der Waals surface area (Å²) in [5.74, 6) is -1.37. The minimum absolute atomic E-state index is 0.152. The number of carbonyl (C=O) groups is 3. The zero-order valence-corrected chi connectivity index (χ0v) is 19.5. The molecule has 3 amide bonds. The highest BCUT2D eigenvalue weighted by molar-refractivity contribution is 5.93. The van der Waals surface area contributed by atoms with Gasteiger partial charge < -0.3 is 16.0 Å². The van der Waals surface area contributed by atoms with Crippen molar-refractivity contribution >= 4 is 17.7 Å². The Labute approximate surface area is 181 Å². The fourth-order valence-corrected chi connectivity index (χ4v) is 4.14. The van der Waals surface area contributed by atoms with E-state index in [4.69, 9.17) is 0 Å². The highest BCUT2D eigenvalue weighted by Gasteiger charge is 2.39. The molecule has 0 aromatic heterocycles. The van der Waals surface area contributed by atoms with Gasteiger partial charge in [0.05, 0.1) is 5.92 Å². The summed E-state index contributed by atoms with van der Waals surface area (Å²) in [6.07, 6.45) is 6.25. The van der Waals surface area contributed by atoms with Gasteiger partial charge in [0, 0.05) is 7.05 Å². The lowest BCUT2D eigenvalue weighted by Crippen LogP contribution is -2.59. The van der Waals surface area contributed by atoms with Crippen LogP contribution in [0.25, 0.3) is 0 Å². The van der Waals surface area contributed by atoms with E-state index in [9.17, 15) is 19.6 Å². The highest BCUT2D eigenvalue weighted by atomic mass is 16.5. The topological polar surface area (TPSA) is 120 Å². The smallest absolute Gasteiger partial charge is 0.261 e. The first kappa shape index (κ1) is 26.4. The van der Waals surface area contributed by atoms with Gasteiger partial charge in [-0.3, -0.25) is 19.6 Å². The van der Waals surface area contributed by atoms with Gasteiger partial charge in [-0.15, -0.1) is 0 Å². The predicted molar refractivity (Wildman–Crippen MR) is 117 cm³/mol. The molecule has 3 atom stereocenters. The van der Waals surface area contributed by atoms with Crippen molar-refractivity contribution in [3.63, 3.8) is 0 Å². The standard InChI is InChI=1S/C22H42N4O4/c1-14(2)12-16(19(27)25-18(21(29)23-6)22(3,4)5)17(20(28)26-30)24-13-15-10-8-7-9-11-15/h14-18,24,30H,7-13H2,1-6H3,(H,23,29)(H,25,27)(H,26,28)/t16-,17+,18-/m1/s1. The van der Waals surface area contributed by atoms with E-state index in [2.05, 4.69) is 16.0 Å². The van der Waals surface area contributed by atoms with E-state index >= 15 is 0 Å². The van der Waals surface area contributed by atoms with Crippen molar-refractivity contribution in [1.29, 1.82) is 0 Å². The Balaban J connectivity index is 3.04. The molecule has 1 rings (SSSR count). The van der Waals surface area contributed by atoms with Crippen LogP contribution in [0.3, 0.4) is 0 Å². The first-order chi connectivity index (χ1) is 14.0. The normalized spacial score (nSPS) is 18.4. The van der Waals surface area contributed by atoms with E-state index in [1.165, 1.54) is 26.3 Å². The summed E-state index contributed by atoms with van der Waals surface area (Å²) in [5, 5.41) is 18.0. The molecule has 0 radical (unpaired) electrons. The first-order valence-corrected chi connectivity index (χ1v) is 11.2. The van der Waals surface area contributed by atoms with E-state index in [-0.39, 0.29) is 17.7 Å². The van der Waals surface area contributed by atoms with Crippen LogP contribution in [0.1, 0.15) is 73.1 Å². The third-order valence-corrected chi connectivity index (χ3v) is 5.87. The number of hydrogen-bond acceptors (Lipinski definition) is 5. The van der Waals surface area contributed by atoms with Crippen LogP contribution < -0.4 is 21.4 Å². The molecule has 0 aromatic rings. The molecule has 174 valence electrons. The molecule has 30 heavy (non-hydrogen) atoms. The predicted octanol–water partition coefficient (Wildman–Crippen LogP) is 1.97. The van der Waals surface area contributed by atoms with E-state index in [0.717, 1.165) is 12.8 Å². The number of hydrogen-bond donors (Lipinski definition) is 5.